The monoisotopic (exact) mass is 381 g/mol. The molecule has 0 aromatic carbocycles. The van der Waals surface area contributed by atoms with Crippen LogP contribution in [0.2, 0.25) is 0 Å². The van der Waals surface area contributed by atoms with E-state index in [0.29, 0.717) is 13.1 Å². The average Bonchev–Trinajstić information content (AvgIpc) is 3.03. The Morgan fingerprint density at radius 3 is 2.48 bits per heavy atom. The number of rotatable bonds is 10. The number of ether oxygens (including phenoxy) is 1. The van der Waals surface area contributed by atoms with Crippen molar-refractivity contribution in [1.29, 1.82) is 0 Å². The molecule has 0 bridgehead atoms. The summed E-state index contributed by atoms with van der Waals surface area (Å²) in [5.74, 6) is 0.213. The van der Waals surface area contributed by atoms with Crippen LogP contribution < -0.4 is 10.6 Å². The molecule has 1 heterocycles. The van der Waals surface area contributed by atoms with Crippen molar-refractivity contribution >= 4 is 11.8 Å². The number of methoxy groups -OCH3 is 1. The number of likely N-dealkylation sites (N-methyl/N-ethyl adjacent to an activating group) is 2. The third kappa shape index (κ3) is 5.55. The molecular formula is C21H39N3O3. The minimum absolute atomic E-state index is 0.0220. The molecule has 1 aliphatic heterocycles. The van der Waals surface area contributed by atoms with Gasteiger partial charge in [-0.3, -0.25) is 9.59 Å². The van der Waals surface area contributed by atoms with Crippen LogP contribution in [-0.4, -0.2) is 60.6 Å². The summed E-state index contributed by atoms with van der Waals surface area (Å²) in [5.41, 5.74) is -0.496. The molecular weight excluding hydrogens is 342 g/mol. The molecule has 0 radical (unpaired) electrons. The van der Waals surface area contributed by atoms with Crippen LogP contribution in [0, 0.1) is 5.92 Å². The topological polar surface area (TPSA) is 70.7 Å². The highest BCUT2D eigenvalue weighted by Gasteiger charge is 2.49. The van der Waals surface area contributed by atoms with Gasteiger partial charge in [-0.25, -0.2) is 0 Å². The van der Waals surface area contributed by atoms with Gasteiger partial charge in [0.25, 0.3) is 0 Å². The first kappa shape index (κ1) is 23.6. The number of carbonyl (C=O) groups excluding carboxylic acids is 2. The van der Waals surface area contributed by atoms with Gasteiger partial charge in [0.2, 0.25) is 11.8 Å². The Balaban J connectivity index is 3.35. The molecule has 2 N–H and O–H groups in total. The lowest BCUT2D eigenvalue weighted by molar-refractivity contribution is -0.143. The predicted octanol–water partition coefficient (Wildman–Crippen LogP) is 2.49. The van der Waals surface area contributed by atoms with E-state index in [2.05, 4.69) is 30.6 Å². The summed E-state index contributed by atoms with van der Waals surface area (Å²) in [5, 5.41) is 6.46. The van der Waals surface area contributed by atoms with Gasteiger partial charge in [-0.2, -0.15) is 0 Å². The lowest BCUT2D eigenvalue weighted by Gasteiger charge is -2.47. The normalized spacial score (nSPS) is 26.0. The lowest BCUT2D eigenvalue weighted by Crippen LogP contribution is -2.63. The van der Waals surface area contributed by atoms with E-state index in [0.717, 1.165) is 19.3 Å². The van der Waals surface area contributed by atoms with Crippen molar-refractivity contribution in [2.24, 2.45) is 5.92 Å². The molecule has 0 saturated carbocycles. The van der Waals surface area contributed by atoms with Crippen LogP contribution in [0.3, 0.4) is 0 Å². The van der Waals surface area contributed by atoms with Crippen molar-refractivity contribution in [2.75, 3.05) is 20.2 Å². The third-order valence-corrected chi connectivity index (χ3v) is 5.73. The van der Waals surface area contributed by atoms with E-state index < -0.39 is 5.60 Å². The second-order valence-electron chi connectivity index (χ2n) is 7.58. The van der Waals surface area contributed by atoms with E-state index in [-0.39, 0.29) is 35.9 Å². The maximum absolute atomic E-state index is 12.5. The first-order valence-corrected chi connectivity index (χ1v) is 10.3. The van der Waals surface area contributed by atoms with Gasteiger partial charge in [-0.1, -0.05) is 25.5 Å². The molecule has 1 fully saturated rings. The predicted molar refractivity (Wildman–Crippen MR) is 109 cm³/mol. The summed E-state index contributed by atoms with van der Waals surface area (Å²) < 4.78 is 6.00. The van der Waals surface area contributed by atoms with E-state index in [1.807, 2.05) is 31.7 Å². The Kier molecular flexibility index (Phi) is 9.47. The van der Waals surface area contributed by atoms with Crippen molar-refractivity contribution in [3.8, 4) is 0 Å². The minimum Gasteiger partial charge on any atom is -0.376 e. The van der Waals surface area contributed by atoms with Gasteiger partial charge >= 0.3 is 0 Å². The fourth-order valence-corrected chi connectivity index (χ4v) is 4.48. The molecule has 0 aromatic heterocycles. The number of amides is 2. The van der Waals surface area contributed by atoms with Crippen molar-refractivity contribution in [2.45, 2.75) is 84.5 Å². The van der Waals surface area contributed by atoms with Gasteiger partial charge in [0.15, 0.2) is 0 Å². The summed E-state index contributed by atoms with van der Waals surface area (Å²) >= 11 is 0. The van der Waals surface area contributed by atoms with Crippen molar-refractivity contribution in [1.82, 2.24) is 15.5 Å². The van der Waals surface area contributed by atoms with Crippen molar-refractivity contribution in [3.63, 3.8) is 0 Å². The largest absolute Gasteiger partial charge is 0.376 e. The summed E-state index contributed by atoms with van der Waals surface area (Å²) in [7, 11) is 1.72. The van der Waals surface area contributed by atoms with E-state index in [9.17, 15) is 9.59 Å². The van der Waals surface area contributed by atoms with Crippen LogP contribution >= 0.6 is 0 Å². The Hall–Kier alpha value is -1.40. The number of hydrogen-bond acceptors (Lipinski definition) is 4. The Bertz CT molecular complexity index is 523. The molecule has 1 saturated heterocycles. The molecule has 6 nitrogen and oxygen atoms in total. The molecule has 27 heavy (non-hydrogen) atoms. The maximum Gasteiger partial charge on any atom is 0.237 e. The first-order chi connectivity index (χ1) is 12.8. The zero-order valence-corrected chi connectivity index (χ0v) is 18.2. The SMILES string of the molecule is C/C=C\[C@@H]1C[C@H](C(=O)NCC)N[C@H]1[C@@H](N(CC)C(C)=O)[C@](C)(CCC)OC. The molecule has 2 amide bonds. The van der Waals surface area contributed by atoms with Gasteiger partial charge in [0.1, 0.15) is 0 Å². The van der Waals surface area contributed by atoms with Gasteiger partial charge in [-0.15, -0.1) is 0 Å². The summed E-state index contributed by atoms with van der Waals surface area (Å²) in [6.45, 7) is 13.0. The second-order valence-corrected chi connectivity index (χ2v) is 7.58. The highest BCUT2D eigenvalue weighted by Crippen LogP contribution is 2.35. The Labute approximate surface area is 165 Å². The quantitative estimate of drug-likeness (QED) is 0.571. The summed E-state index contributed by atoms with van der Waals surface area (Å²) in [6, 6.07) is -0.466. The van der Waals surface area contributed by atoms with E-state index in [1.165, 1.54) is 0 Å². The number of hydrogen-bond donors (Lipinski definition) is 2. The van der Waals surface area contributed by atoms with Crippen molar-refractivity contribution in [3.05, 3.63) is 12.2 Å². The summed E-state index contributed by atoms with van der Waals surface area (Å²) in [6.07, 6.45) is 6.70. The number of nitrogens with zero attached hydrogens (tertiary/aromatic N) is 1. The van der Waals surface area contributed by atoms with Gasteiger partial charge in [-0.05, 0) is 46.5 Å². The van der Waals surface area contributed by atoms with Crippen molar-refractivity contribution < 1.29 is 14.3 Å². The maximum atomic E-state index is 12.5. The standard InChI is InChI=1S/C21H39N3O3/c1-8-12-16-14-17(20(26)22-10-3)23-18(16)19(24(11-4)15(5)25)21(6,27-7)13-9-2/h8,12,16-19,23H,9-11,13-14H2,1-7H3,(H,22,26)/b12-8-/t16-,17-,18-,19-,21+/m1/s1. The molecule has 156 valence electrons. The molecule has 1 rings (SSSR count). The lowest BCUT2D eigenvalue weighted by atomic mass is 9.80. The summed E-state index contributed by atoms with van der Waals surface area (Å²) in [4.78, 5) is 26.8. The Morgan fingerprint density at radius 2 is 2.04 bits per heavy atom. The molecule has 1 aliphatic rings. The zero-order chi connectivity index (χ0) is 20.6. The second kappa shape index (κ2) is 10.8. The highest BCUT2D eigenvalue weighted by molar-refractivity contribution is 5.82. The highest BCUT2D eigenvalue weighted by atomic mass is 16.5. The van der Waals surface area contributed by atoms with Gasteiger partial charge in [0.05, 0.1) is 17.7 Å². The van der Waals surface area contributed by atoms with Gasteiger partial charge < -0.3 is 20.3 Å². The fraction of sp³-hybridized carbons (Fsp3) is 0.810. The molecule has 0 aliphatic carbocycles. The van der Waals surface area contributed by atoms with Crippen LogP contribution in [0.15, 0.2) is 12.2 Å². The minimum atomic E-state index is -0.496. The van der Waals surface area contributed by atoms with Crippen LogP contribution in [-0.2, 0) is 14.3 Å². The molecule has 0 unspecified atom stereocenters. The fourth-order valence-electron chi connectivity index (χ4n) is 4.48. The number of carbonyl (C=O) groups is 2. The van der Waals surface area contributed by atoms with E-state index in [1.54, 1.807) is 14.0 Å². The van der Waals surface area contributed by atoms with E-state index in [4.69, 9.17) is 4.74 Å². The number of nitrogens with one attached hydrogen (secondary N) is 2. The van der Waals surface area contributed by atoms with E-state index >= 15 is 0 Å². The number of allylic oxidation sites excluding steroid dienone is 1. The molecule has 0 spiro atoms. The van der Waals surface area contributed by atoms with Crippen LogP contribution in [0.1, 0.15) is 60.8 Å². The third-order valence-electron chi connectivity index (χ3n) is 5.73. The van der Waals surface area contributed by atoms with Crippen LogP contribution in [0.5, 0.6) is 0 Å². The molecule has 5 atom stereocenters. The average molecular weight is 382 g/mol. The zero-order valence-electron chi connectivity index (χ0n) is 18.2. The molecule has 6 heteroatoms. The van der Waals surface area contributed by atoms with Gasteiger partial charge in [0, 0.05) is 33.2 Å². The Morgan fingerprint density at radius 1 is 1.37 bits per heavy atom. The molecule has 0 aromatic rings. The first-order valence-electron chi connectivity index (χ1n) is 10.3. The smallest absolute Gasteiger partial charge is 0.237 e. The van der Waals surface area contributed by atoms with Crippen LogP contribution in [0.25, 0.3) is 0 Å². The van der Waals surface area contributed by atoms with Crippen LogP contribution in [0.4, 0.5) is 0 Å².